The van der Waals surface area contributed by atoms with Gasteiger partial charge in [-0.25, -0.2) is 0 Å². The summed E-state index contributed by atoms with van der Waals surface area (Å²) in [5.74, 6) is 12.0. The Labute approximate surface area is 192 Å². The molecule has 0 atom stereocenters. The lowest BCUT2D eigenvalue weighted by Crippen LogP contribution is -2.53. The van der Waals surface area contributed by atoms with E-state index in [0.29, 0.717) is 36.5 Å². The number of benzene rings is 2. The highest BCUT2D eigenvalue weighted by Gasteiger charge is 2.29. The Morgan fingerprint density at radius 3 is 2.27 bits per heavy atom. The van der Waals surface area contributed by atoms with Crippen LogP contribution < -0.4 is 5.32 Å². The van der Waals surface area contributed by atoms with E-state index in [4.69, 9.17) is 4.74 Å². The first-order valence-electron chi connectivity index (χ1n) is 10.4. The zero-order valence-corrected chi connectivity index (χ0v) is 17.8. The summed E-state index contributed by atoms with van der Waals surface area (Å²) in [6.45, 7) is 4.84. The fraction of sp³-hybridized carbons (Fsp3) is 0.148. The maximum atomic E-state index is 12.2. The van der Waals surface area contributed by atoms with Crippen LogP contribution in [0, 0.1) is 23.7 Å². The van der Waals surface area contributed by atoms with Crippen molar-refractivity contribution in [1.29, 1.82) is 0 Å². The average molecular weight is 438 g/mol. The van der Waals surface area contributed by atoms with E-state index < -0.39 is 6.10 Å². The summed E-state index contributed by atoms with van der Waals surface area (Å²) < 4.78 is 5.31. The molecule has 0 unspecified atom stereocenters. The fourth-order valence-electron chi connectivity index (χ4n) is 3.20. The molecule has 0 bridgehead atoms. The van der Waals surface area contributed by atoms with Crippen molar-refractivity contribution < 1.29 is 19.7 Å². The Bertz CT molecular complexity index is 1240. The molecule has 2 heterocycles. The average Bonchev–Trinajstić information content (AvgIpc) is 2.81. The van der Waals surface area contributed by atoms with Gasteiger partial charge < -0.3 is 25.2 Å². The Morgan fingerprint density at radius 1 is 1.06 bits per heavy atom. The smallest absolute Gasteiger partial charge is 0.254 e. The van der Waals surface area contributed by atoms with Gasteiger partial charge in [-0.3, -0.25) is 4.79 Å². The number of amides is 1. The Kier molecular flexibility index (Phi) is 6.50. The summed E-state index contributed by atoms with van der Waals surface area (Å²) in [5.41, 5.74) is 3.54. The summed E-state index contributed by atoms with van der Waals surface area (Å²) in [6, 6.07) is 14.6. The van der Waals surface area contributed by atoms with E-state index in [-0.39, 0.29) is 11.7 Å². The maximum absolute atomic E-state index is 12.2. The molecule has 2 aliphatic heterocycles. The molecule has 2 aromatic carbocycles. The van der Waals surface area contributed by atoms with Crippen molar-refractivity contribution in [2.24, 2.45) is 0 Å². The molecule has 0 aromatic heterocycles. The number of carbonyl (C=O) groups is 1. The molecule has 2 aromatic rings. The predicted molar refractivity (Wildman–Crippen MR) is 126 cm³/mol. The number of hydrogen-bond acceptors (Lipinski definition) is 5. The van der Waals surface area contributed by atoms with Crippen LogP contribution in [0.3, 0.4) is 0 Å². The topological polar surface area (TPSA) is 82.0 Å². The van der Waals surface area contributed by atoms with Crippen LogP contribution in [0.15, 0.2) is 84.5 Å². The number of aliphatic hydroxyl groups excluding tert-OH is 2. The minimum Gasteiger partial charge on any atom is -0.504 e. The maximum Gasteiger partial charge on any atom is 0.254 e. The number of likely N-dealkylation sites (tertiary alicyclic amines) is 1. The number of allylic oxidation sites excluding steroid dienone is 1. The Morgan fingerprint density at radius 2 is 1.67 bits per heavy atom. The van der Waals surface area contributed by atoms with Crippen LogP contribution in [0.25, 0.3) is 0 Å². The van der Waals surface area contributed by atoms with Crippen molar-refractivity contribution in [3.63, 3.8) is 0 Å². The number of aliphatic hydroxyl groups is 2. The van der Waals surface area contributed by atoms with Gasteiger partial charge in [0.05, 0.1) is 18.9 Å². The lowest BCUT2D eigenvalue weighted by Gasteiger charge is -2.35. The van der Waals surface area contributed by atoms with Crippen LogP contribution in [0.5, 0.6) is 0 Å². The fourth-order valence-corrected chi connectivity index (χ4v) is 3.20. The number of hydrogen-bond donors (Lipinski definition) is 3. The second-order valence-corrected chi connectivity index (χ2v) is 7.59. The summed E-state index contributed by atoms with van der Waals surface area (Å²) >= 11 is 0. The number of nitrogens with zero attached hydrogens (tertiary/aromatic N) is 1. The van der Waals surface area contributed by atoms with E-state index in [0.717, 1.165) is 16.8 Å². The number of carbonyl (C=O) groups excluding carboxylic acids is 1. The normalized spacial score (nSPS) is 14.9. The van der Waals surface area contributed by atoms with Gasteiger partial charge in [-0.1, -0.05) is 18.4 Å². The minimum atomic E-state index is -0.410. The van der Waals surface area contributed by atoms with E-state index >= 15 is 0 Å². The van der Waals surface area contributed by atoms with Gasteiger partial charge in [-0.15, -0.1) is 0 Å². The highest BCUT2D eigenvalue weighted by molar-refractivity contribution is 5.94. The summed E-state index contributed by atoms with van der Waals surface area (Å²) in [6.07, 6.45) is 2.69. The molecule has 1 fully saturated rings. The monoisotopic (exact) mass is 438 g/mol. The van der Waals surface area contributed by atoms with Gasteiger partial charge in [-0.05, 0) is 66.4 Å². The Balaban J connectivity index is 1.30. The molecule has 4 rings (SSSR count). The highest BCUT2D eigenvalue weighted by atomic mass is 16.5. The third kappa shape index (κ3) is 5.46. The number of ether oxygens (including phenoxy) is 1. The molecule has 33 heavy (non-hydrogen) atoms. The lowest BCUT2D eigenvalue weighted by atomic mass is 10.1. The molecule has 2 aliphatic rings. The summed E-state index contributed by atoms with van der Waals surface area (Å²) in [4.78, 5) is 13.8. The molecule has 164 valence electrons. The first-order valence-corrected chi connectivity index (χ1v) is 10.4. The van der Waals surface area contributed by atoms with Gasteiger partial charge in [-0.2, -0.15) is 0 Å². The van der Waals surface area contributed by atoms with Gasteiger partial charge >= 0.3 is 0 Å². The number of rotatable bonds is 4. The number of nitrogens with one attached hydrogen (secondary N) is 1. The predicted octanol–water partition coefficient (Wildman–Crippen LogP) is 3.19. The van der Waals surface area contributed by atoms with Gasteiger partial charge in [0.1, 0.15) is 0 Å². The van der Waals surface area contributed by atoms with Crippen molar-refractivity contribution in [3.05, 3.63) is 101 Å². The zero-order chi connectivity index (χ0) is 23.2. The molecule has 3 N–H and O–H groups in total. The van der Waals surface area contributed by atoms with Crippen LogP contribution in [-0.2, 0) is 4.74 Å². The second-order valence-electron chi connectivity index (χ2n) is 7.59. The molecular weight excluding hydrogens is 416 g/mol. The first kappa shape index (κ1) is 21.8. The largest absolute Gasteiger partial charge is 0.504 e. The van der Waals surface area contributed by atoms with E-state index in [1.807, 2.05) is 24.3 Å². The zero-order valence-electron chi connectivity index (χ0n) is 17.8. The third-order valence-corrected chi connectivity index (χ3v) is 5.14. The van der Waals surface area contributed by atoms with Crippen molar-refractivity contribution in [2.45, 2.75) is 6.10 Å². The molecule has 0 spiro atoms. The highest BCUT2D eigenvalue weighted by Crippen LogP contribution is 2.19. The van der Waals surface area contributed by atoms with Gasteiger partial charge in [0.2, 0.25) is 0 Å². The second kappa shape index (κ2) is 9.82. The van der Waals surface area contributed by atoms with Crippen LogP contribution >= 0.6 is 0 Å². The number of anilines is 1. The minimum absolute atomic E-state index is 0.0447. The van der Waals surface area contributed by atoms with Crippen molar-refractivity contribution in [2.75, 3.05) is 25.0 Å². The molecule has 0 aliphatic carbocycles. The lowest BCUT2D eigenvalue weighted by molar-refractivity contribution is 0.00589. The molecule has 1 saturated heterocycles. The van der Waals surface area contributed by atoms with Crippen molar-refractivity contribution >= 4 is 11.6 Å². The molecular formula is C27H22N2O4. The quantitative estimate of drug-likeness (QED) is 0.639. The molecule has 0 saturated carbocycles. The van der Waals surface area contributed by atoms with Gasteiger partial charge in [0.15, 0.2) is 11.5 Å². The SMILES string of the molecule is C=C1C=COC(CNc2ccc(C#CC#Cc3ccc(C(=O)N4CC(O)C4)cc3)cc2)=C1O. The van der Waals surface area contributed by atoms with Crippen LogP contribution in [0.2, 0.25) is 0 Å². The third-order valence-electron chi connectivity index (χ3n) is 5.14. The van der Waals surface area contributed by atoms with E-state index in [2.05, 4.69) is 35.6 Å². The first-order chi connectivity index (χ1) is 16.0. The van der Waals surface area contributed by atoms with Gasteiger partial charge in [0.25, 0.3) is 5.91 Å². The van der Waals surface area contributed by atoms with E-state index in [9.17, 15) is 15.0 Å². The van der Waals surface area contributed by atoms with Crippen LogP contribution in [0.4, 0.5) is 5.69 Å². The summed E-state index contributed by atoms with van der Waals surface area (Å²) in [5, 5.41) is 22.4. The van der Waals surface area contributed by atoms with Crippen molar-refractivity contribution in [3.8, 4) is 23.7 Å². The molecule has 6 nitrogen and oxygen atoms in total. The van der Waals surface area contributed by atoms with Gasteiger partial charge in [0, 0.05) is 41.0 Å². The Hall–Kier alpha value is -4.39. The molecule has 0 radical (unpaired) electrons. The standard InChI is InChI=1S/C27H22N2O4/c1-19-14-15-33-25(26(19)31)16-28-23-12-8-21(9-13-23)5-3-2-4-20-6-10-22(11-7-20)27(32)29-17-24(30)18-29/h6-15,24,28,30-31H,1,16-18H2. The van der Waals surface area contributed by atoms with Crippen LogP contribution in [-0.4, -0.2) is 46.8 Å². The molecule has 6 heteroatoms. The number of β-amino-alcohol motifs (C(OH)–C–C–N with tert-alkyl or cyclic N) is 1. The van der Waals surface area contributed by atoms with E-state index in [1.165, 1.54) is 6.26 Å². The summed E-state index contributed by atoms with van der Waals surface area (Å²) in [7, 11) is 0. The van der Waals surface area contributed by atoms with Crippen LogP contribution in [0.1, 0.15) is 21.5 Å². The van der Waals surface area contributed by atoms with Crippen molar-refractivity contribution in [1.82, 2.24) is 4.90 Å². The van der Waals surface area contributed by atoms with E-state index in [1.54, 1.807) is 35.2 Å². The molecule has 1 amide bonds.